The number of allylic oxidation sites excluding steroid dienone is 2. The Morgan fingerprint density at radius 1 is 1.33 bits per heavy atom. The van der Waals surface area contributed by atoms with Gasteiger partial charge in [-0.2, -0.15) is 0 Å². The van der Waals surface area contributed by atoms with Gasteiger partial charge in [-0.25, -0.2) is 22.0 Å². The van der Waals surface area contributed by atoms with Gasteiger partial charge in [-0.15, -0.1) is 0 Å². The average Bonchev–Trinajstić information content (AvgIpc) is 1.97. The van der Waals surface area contributed by atoms with Crippen LogP contribution in [0.3, 0.4) is 0 Å². The average molecular weight is 185 g/mol. The van der Waals surface area contributed by atoms with Gasteiger partial charge in [0.2, 0.25) is 12.0 Å². The second-order valence-electron chi connectivity index (χ2n) is 2.34. The quantitative estimate of drug-likeness (QED) is 0.453. The van der Waals surface area contributed by atoms with Crippen molar-refractivity contribution in [3.05, 3.63) is 23.6 Å². The summed E-state index contributed by atoms with van der Waals surface area (Å²) >= 11 is 0. The Morgan fingerprint density at radius 3 is 2.33 bits per heavy atom. The van der Waals surface area contributed by atoms with E-state index in [2.05, 4.69) is 5.73 Å². The van der Waals surface area contributed by atoms with Gasteiger partial charge >= 0.3 is 0 Å². The second kappa shape index (κ2) is 2.55. The molecule has 68 valence electrons. The highest BCUT2D eigenvalue weighted by Crippen LogP contribution is 2.35. The van der Waals surface area contributed by atoms with Crippen LogP contribution in [0.5, 0.6) is 0 Å². The number of hydrogen-bond donors (Lipinski definition) is 1. The summed E-state index contributed by atoms with van der Waals surface area (Å²) in [5, 5.41) is 0. The monoisotopic (exact) mass is 185 g/mol. The minimum Gasteiger partial charge on any atom is -0.293 e. The third kappa shape index (κ3) is 1.22. The zero-order chi connectivity index (χ0) is 9.52. The van der Waals surface area contributed by atoms with Crippen molar-refractivity contribution in [1.82, 2.24) is 0 Å². The Kier molecular flexibility index (Phi) is 1.95. The first-order valence-corrected chi connectivity index (χ1v) is 2.92. The molecule has 0 bridgehead atoms. The second-order valence-corrected chi connectivity index (χ2v) is 2.34. The van der Waals surface area contributed by atoms with Gasteiger partial charge in [-0.3, -0.25) is 5.73 Å². The summed E-state index contributed by atoms with van der Waals surface area (Å²) in [6.45, 7) is 0. The van der Waals surface area contributed by atoms with Crippen LogP contribution in [0.4, 0.5) is 22.0 Å². The van der Waals surface area contributed by atoms with Crippen molar-refractivity contribution in [2.45, 2.75) is 12.0 Å². The van der Waals surface area contributed by atoms with Gasteiger partial charge in [0, 0.05) is 6.08 Å². The van der Waals surface area contributed by atoms with Gasteiger partial charge in [0.15, 0.2) is 17.5 Å². The minimum atomic E-state index is -3.32. The highest BCUT2D eigenvalue weighted by atomic mass is 19.2. The lowest BCUT2D eigenvalue weighted by Gasteiger charge is -2.22. The number of rotatable bonds is 0. The van der Waals surface area contributed by atoms with E-state index in [1.807, 2.05) is 0 Å². The van der Waals surface area contributed by atoms with Gasteiger partial charge in [0.1, 0.15) is 0 Å². The van der Waals surface area contributed by atoms with E-state index >= 15 is 0 Å². The standard InChI is InChI=1S/C6H4F5N/c7-2-1-6(11,12)5(10)4(9)3(2)8/h1,5H,12H2. The molecule has 2 atom stereocenters. The van der Waals surface area contributed by atoms with Crippen molar-refractivity contribution in [3.8, 4) is 0 Å². The van der Waals surface area contributed by atoms with Crippen molar-refractivity contribution in [3.63, 3.8) is 0 Å². The first-order valence-electron chi connectivity index (χ1n) is 2.92. The van der Waals surface area contributed by atoms with E-state index in [1.54, 1.807) is 0 Å². The molecule has 0 saturated heterocycles. The summed E-state index contributed by atoms with van der Waals surface area (Å²) in [6.07, 6.45) is -3.13. The highest BCUT2D eigenvalue weighted by molar-refractivity contribution is 5.34. The zero-order valence-corrected chi connectivity index (χ0v) is 5.62. The van der Waals surface area contributed by atoms with E-state index in [9.17, 15) is 22.0 Å². The van der Waals surface area contributed by atoms with Crippen molar-refractivity contribution < 1.29 is 22.0 Å². The summed E-state index contributed by atoms with van der Waals surface area (Å²) in [5.41, 5.74) is 4.47. The predicted molar refractivity (Wildman–Crippen MR) is 31.4 cm³/mol. The van der Waals surface area contributed by atoms with Crippen LogP contribution in [-0.4, -0.2) is 12.0 Å². The lowest BCUT2D eigenvalue weighted by Crippen LogP contribution is -2.45. The lowest BCUT2D eigenvalue weighted by atomic mass is 10.0. The Bertz CT molecular complexity index is 267. The smallest absolute Gasteiger partial charge is 0.219 e. The van der Waals surface area contributed by atoms with Gasteiger partial charge in [-0.05, 0) is 0 Å². The van der Waals surface area contributed by atoms with Gasteiger partial charge in [0.05, 0.1) is 0 Å². The topological polar surface area (TPSA) is 26.0 Å². The minimum absolute atomic E-state index is 0.143. The molecule has 2 unspecified atom stereocenters. The molecule has 0 spiro atoms. The van der Waals surface area contributed by atoms with Gasteiger partial charge < -0.3 is 0 Å². The number of hydrogen-bond acceptors (Lipinski definition) is 1. The summed E-state index contributed by atoms with van der Waals surface area (Å²) < 4.78 is 61.6. The number of halogens is 5. The molecule has 0 aromatic carbocycles. The molecule has 1 aliphatic rings. The molecule has 12 heavy (non-hydrogen) atoms. The van der Waals surface area contributed by atoms with Crippen molar-refractivity contribution in [1.29, 1.82) is 0 Å². The fourth-order valence-corrected chi connectivity index (χ4v) is 0.750. The molecular formula is C6H4F5N. The van der Waals surface area contributed by atoms with Gasteiger partial charge in [0.25, 0.3) is 0 Å². The molecular weight excluding hydrogens is 181 g/mol. The molecule has 1 aliphatic carbocycles. The van der Waals surface area contributed by atoms with E-state index in [-0.39, 0.29) is 6.08 Å². The number of nitrogens with two attached hydrogens (primary N) is 1. The molecule has 6 heteroatoms. The maximum atomic E-state index is 12.6. The largest absolute Gasteiger partial charge is 0.293 e. The third-order valence-corrected chi connectivity index (χ3v) is 1.38. The molecule has 0 heterocycles. The third-order valence-electron chi connectivity index (χ3n) is 1.38. The molecule has 0 amide bonds. The van der Waals surface area contributed by atoms with Crippen LogP contribution in [0.2, 0.25) is 0 Å². The molecule has 0 radical (unpaired) electrons. The van der Waals surface area contributed by atoms with E-state index in [4.69, 9.17) is 0 Å². The van der Waals surface area contributed by atoms with Crippen LogP contribution < -0.4 is 5.73 Å². The Balaban J connectivity index is 3.15. The summed E-state index contributed by atoms with van der Waals surface area (Å²) in [4.78, 5) is 0. The zero-order valence-electron chi connectivity index (χ0n) is 5.62. The highest BCUT2D eigenvalue weighted by Gasteiger charge is 2.44. The molecule has 0 saturated carbocycles. The van der Waals surface area contributed by atoms with Crippen molar-refractivity contribution in [2.75, 3.05) is 0 Å². The number of alkyl halides is 2. The van der Waals surface area contributed by atoms with Crippen LogP contribution >= 0.6 is 0 Å². The predicted octanol–water partition coefficient (Wildman–Crippen LogP) is 1.97. The Morgan fingerprint density at radius 2 is 1.83 bits per heavy atom. The molecule has 2 N–H and O–H groups in total. The maximum Gasteiger partial charge on any atom is 0.219 e. The van der Waals surface area contributed by atoms with E-state index in [0.717, 1.165) is 0 Å². The summed E-state index contributed by atoms with van der Waals surface area (Å²) in [6, 6.07) is 0. The molecule has 1 rings (SSSR count). The molecule has 0 fully saturated rings. The first-order chi connectivity index (χ1) is 5.36. The molecule has 0 aromatic heterocycles. The fraction of sp³-hybridized carbons (Fsp3) is 0.333. The molecule has 0 aromatic rings. The normalized spacial score (nSPS) is 36.8. The van der Waals surface area contributed by atoms with Crippen LogP contribution in [0, 0.1) is 0 Å². The van der Waals surface area contributed by atoms with E-state index in [1.165, 1.54) is 0 Å². The van der Waals surface area contributed by atoms with E-state index in [0.29, 0.717) is 0 Å². The SMILES string of the molecule is NC1(F)C=C(F)C(F)=C(F)C1F. The van der Waals surface area contributed by atoms with Crippen molar-refractivity contribution >= 4 is 0 Å². The van der Waals surface area contributed by atoms with Gasteiger partial charge in [-0.1, -0.05) is 0 Å². The van der Waals surface area contributed by atoms with Crippen molar-refractivity contribution in [2.24, 2.45) is 5.73 Å². The van der Waals surface area contributed by atoms with Crippen LogP contribution in [0.1, 0.15) is 0 Å². The fourth-order valence-electron chi connectivity index (χ4n) is 0.750. The first kappa shape index (κ1) is 9.18. The van der Waals surface area contributed by atoms with Crippen LogP contribution in [-0.2, 0) is 0 Å². The van der Waals surface area contributed by atoms with Crippen LogP contribution in [0.25, 0.3) is 0 Å². The maximum absolute atomic E-state index is 12.6. The molecule has 1 nitrogen and oxygen atoms in total. The van der Waals surface area contributed by atoms with Crippen LogP contribution in [0.15, 0.2) is 23.6 Å². The lowest BCUT2D eigenvalue weighted by molar-refractivity contribution is 0.0976. The Labute approximate surface area is 64.3 Å². The summed E-state index contributed by atoms with van der Waals surface area (Å²) in [5.74, 6) is -9.34. The van der Waals surface area contributed by atoms with E-state index < -0.39 is 29.4 Å². The summed E-state index contributed by atoms with van der Waals surface area (Å²) in [7, 11) is 0. The molecule has 0 aliphatic heterocycles. The Hall–Kier alpha value is -0.910.